The highest BCUT2D eigenvalue weighted by Crippen LogP contribution is 2.16. The van der Waals surface area contributed by atoms with E-state index in [4.69, 9.17) is 4.74 Å². The number of aryl methyl sites for hydroxylation is 1. The minimum absolute atomic E-state index is 0.196. The first-order chi connectivity index (χ1) is 11.6. The number of aliphatic imine (C=N–C) groups is 1. The van der Waals surface area contributed by atoms with Crippen molar-refractivity contribution in [1.82, 2.24) is 10.6 Å². The summed E-state index contributed by atoms with van der Waals surface area (Å²) in [6, 6.07) is 12.8. The van der Waals surface area contributed by atoms with Gasteiger partial charge in [0.05, 0.1) is 7.11 Å². The maximum absolute atomic E-state index is 13.1. The summed E-state index contributed by atoms with van der Waals surface area (Å²) in [6.07, 6.45) is 0.807. The Balaban J connectivity index is 1.84. The number of nitrogens with one attached hydrogen (secondary N) is 2. The van der Waals surface area contributed by atoms with Crippen LogP contribution in [-0.2, 0) is 13.0 Å². The van der Waals surface area contributed by atoms with Gasteiger partial charge < -0.3 is 15.4 Å². The molecule has 0 aliphatic rings. The van der Waals surface area contributed by atoms with Crippen molar-refractivity contribution < 1.29 is 9.13 Å². The highest BCUT2D eigenvalue weighted by atomic mass is 19.1. The number of halogens is 1. The normalized spacial score (nSPS) is 11.2. The minimum atomic E-state index is -0.196. The Kier molecular flexibility index (Phi) is 6.61. The van der Waals surface area contributed by atoms with Gasteiger partial charge in [0.25, 0.3) is 0 Å². The molecule has 2 aromatic rings. The van der Waals surface area contributed by atoms with Gasteiger partial charge in [-0.25, -0.2) is 4.39 Å². The monoisotopic (exact) mass is 329 g/mol. The lowest BCUT2D eigenvalue weighted by molar-refractivity contribution is 0.409. The third-order valence-corrected chi connectivity index (χ3v) is 3.85. The Bertz CT molecular complexity index is 701. The number of ether oxygens (including phenoxy) is 1. The number of guanidine groups is 1. The first-order valence-corrected chi connectivity index (χ1v) is 7.95. The van der Waals surface area contributed by atoms with E-state index in [9.17, 15) is 4.39 Å². The molecule has 2 N–H and O–H groups in total. The van der Waals surface area contributed by atoms with E-state index in [2.05, 4.69) is 15.6 Å². The Labute approximate surface area is 142 Å². The fourth-order valence-corrected chi connectivity index (χ4v) is 2.50. The molecule has 0 saturated heterocycles. The van der Waals surface area contributed by atoms with Crippen LogP contribution >= 0.6 is 0 Å². The van der Waals surface area contributed by atoms with Crippen LogP contribution in [0.15, 0.2) is 47.5 Å². The standard InChI is InChI=1S/C19H24FN3O/c1-14-12-17(20)9-8-15(14)10-11-22-19(21-2)23-13-16-6-4-5-7-18(16)24-3/h4-9,12H,10-11,13H2,1-3H3,(H2,21,22,23). The number of para-hydroxylation sites is 1. The predicted octanol–water partition coefficient (Wildman–Crippen LogP) is 3.05. The van der Waals surface area contributed by atoms with Crippen LogP contribution in [0.5, 0.6) is 5.75 Å². The molecule has 0 spiro atoms. The van der Waals surface area contributed by atoms with Gasteiger partial charge in [-0.2, -0.15) is 0 Å². The van der Waals surface area contributed by atoms with Crippen molar-refractivity contribution in [3.8, 4) is 5.75 Å². The minimum Gasteiger partial charge on any atom is -0.496 e. The average Bonchev–Trinajstić information content (AvgIpc) is 2.59. The molecule has 0 aromatic heterocycles. The van der Waals surface area contributed by atoms with E-state index in [0.717, 1.165) is 41.4 Å². The van der Waals surface area contributed by atoms with Crippen LogP contribution in [0, 0.1) is 12.7 Å². The molecule has 0 radical (unpaired) electrons. The highest BCUT2D eigenvalue weighted by molar-refractivity contribution is 5.79. The Morgan fingerprint density at radius 2 is 1.92 bits per heavy atom. The largest absolute Gasteiger partial charge is 0.496 e. The first kappa shape index (κ1) is 17.8. The summed E-state index contributed by atoms with van der Waals surface area (Å²) in [5.74, 6) is 1.38. The van der Waals surface area contributed by atoms with Crippen LogP contribution in [0.4, 0.5) is 4.39 Å². The van der Waals surface area contributed by atoms with Gasteiger partial charge in [0.15, 0.2) is 5.96 Å². The van der Waals surface area contributed by atoms with Crippen molar-refractivity contribution >= 4 is 5.96 Å². The Morgan fingerprint density at radius 3 is 2.62 bits per heavy atom. The zero-order valence-corrected chi connectivity index (χ0v) is 14.4. The van der Waals surface area contributed by atoms with Crippen molar-refractivity contribution in [2.24, 2.45) is 4.99 Å². The number of hydrogen-bond donors (Lipinski definition) is 2. The molecule has 4 nitrogen and oxygen atoms in total. The summed E-state index contributed by atoms with van der Waals surface area (Å²) in [5.41, 5.74) is 3.16. The summed E-state index contributed by atoms with van der Waals surface area (Å²) < 4.78 is 18.5. The molecule has 128 valence electrons. The molecule has 2 aromatic carbocycles. The van der Waals surface area contributed by atoms with Crippen molar-refractivity contribution in [1.29, 1.82) is 0 Å². The molecule has 0 saturated carbocycles. The van der Waals surface area contributed by atoms with Crippen molar-refractivity contribution in [2.45, 2.75) is 19.9 Å². The maximum Gasteiger partial charge on any atom is 0.191 e. The molecule has 24 heavy (non-hydrogen) atoms. The second kappa shape index (κ2) is 8.91. The van der Waals surface area contributed by atoms with Crippen molar-refractivity contribution in [2.75, 3.05) is 20.7 Å². The smallest absolute Gasteiger partial charge is 0.191 e. The van der Waals surface area contributed by atoms with Crippen molar-refractivity contribution in [3.05, 3.63) is 65.0 Å². The zero-order chi connectivity index (χ0) is 17.4. The molecular weight excluding hydrogens is 305 g/mol. The van der Waals surface area contributed by atoms with Crippen molar-refractivity contribution in [3.63, 3.8) is 0 Å². The van der Waals surface area contributed by atoms with Gasteiger partial charge in [0.1, 0.15) is 11.6 Å². The topological polar surface area (TPSA) is 45.7 Å². The molecule has 0 unspecified atom stereocenters. The van der Waals surface area contributed by atoms with Crippen LogP contribution < -0.4 is 15.4 Å². The summed E-state index contributed by atoms with van der Waals surface area (Å²) in [6.45, 7) is 3.27. The van der Waals surface area contributed by atoms with E-state index in [-0.39, 0.29) is 5.82 Å². The SMILES string of the molecule is CN=C(NCCc1ccc(F)cc1C)NCc1ccccc1OC. The van der Waals surface area contributed by atoms with E-state index >= 15 is 0 Å². The second-order valence-electron chi connectivity index (χ2n) is 5.49. The van der Waals surface area contributed by atoms with E-state index < -0.39 is 0 Å². The molecule has 0 fully saturated rings. The summed E-state index contributed by atoms with van der Waals surface area (Å²) >= 11 is 0. The molecule has 5 heteroatoms. The number of rotatable bonds is 6. The summed E-state index contributed by atoms with van der Waals surface area (Å²) in [7, 11) is 3.40. The summed E-state index contributed by atoms with van der Waals surface area (Å²) in [5, 5.41) is 6.54. The lowest BCUT2D eigenvalue weighted by atomic mass is 10.1. The highest BCUT2D eigenvalue weighted by Gasteiger charge is 2.04. The average molecular weight is 329 g/mol. The molecule has 0 heterocycles. The van der Waals surface area contributed by atoms with E-state index in [1.807, 2.05) is 37.3 Å². The van der Waals surface area contributed by atoms with Gasteiger partial charge in [-0.05, 0) is 42.7 Å². The lowest BCUT2D eigenvalue weighted by Gasteiger charge is -2.14. The van der Waals surface area contributed by atoms with Crippen LogP contribution in [0.1, 0.15) is 16.7 Å². The second-order valence-corrected chi connectivity index (χ2v) is 5.49. The van der Waals surface area contributed by atoms with Crippen LogP contribution in [-0.4, -0.2) is 26.7 Å². The third-order valence-electron chi connectivity index (χ3n) is 3.85. The maximum atomic E-state index is 13.1. The van der Waals surface area contributed by atoms with Gasteiger partial charge in [0, 0.05) is 25.7 Å². The van der Waals surface area contributed by atoms with Crippen LogP contribution in [0.3, 0.4) is 0 Å². The third kappa shape index (κ3) is 4.98. The molecule has 0 bridgehead atoms. The van der Waals surface area contributed by atoms with E-state index in [1.54, 1.807) is 20.2 Å². The molecule has 0 aliphatic carbocycles. The molecule has 0 atom stereocenters. The van der Waals surface area contributed by atoms with Gasteiger partial charge in [0.2, 0.25) is 0 Å². The van der Waals surface area contributed by atoms with Gasteiger partial charge >= 0.3 is 0 Å². The molecular formula is C19H24FN3O. The molecule has 2 rings (SSSR count). The first-order valence-electron chi connectivity index (χ1n) is 7.95. The fraction of sp³-hybridized carbons (Fsp3) is 0.316. The lowest BCUT2D eigenvalue weighted by Crippen LogP contribution is -2.38. The van der Waals surface area contributed by atoms with Gasteiger partial charge in [-0.15, -0.1) is 0 Å². The van der Waals surface area contributed by atoms with Gasteiger partial charge in [-0.3, -0.25) is 4.99 Å². The fourth-order valence-electron chi connectivity index (χ4n) is 2.50. The van der Waals surface area contributed by atoms with Crippen LogP contribution in [0.25, 0.3) is 0 Å². The zero-order valence-electron chi connectivity index (χ0n) is 14.4. The van der Waals surface area contributed by atoms with E-state index in [1.165, 1.54) is 6.07 Å². The Hall–Kier alpha value is -2.56. The van der Waals surface area contributed by atoms with Gasteiger partial charge in [-0.1, -0.05) is 24.3 Å². The number of methoxy groups -OCH3 is 1. The molecule has 0 aliphatic heterocycles. The Morgan fingerprint density at radius 1 is 1.12 bits per heavy atom. The quantitative estimate of drug-likeness (QED) is 0.632. The number of hydrogen-bond acceptors (Lipinski definition) is 2. The number of benzene rings is 2. The molecule has 0 amide bonds. The number of nitrogens with zero attached hydrogens (tertiary/aromatic N) is 1. The summed E-state index contributed by atoms with van der Waals surface area (Å²) in [4.78, 5) is 4.22. The van der Waals surface area contributed by atoms with E-state index in [0.29, 0.717) is 6.54 Å². The predicted molar refractivity (Wildman–Crippen MR) is 96.0 cm³/mol. The van der Waals surface area contributed by atoms with Crippen LogP contribution in [0.2, 0.25) is 0 Å².